The van der Waals surface area contributed by atoms with Crippen molar-refractivity contribution < 1.29 is 14.3 Å². The number of benzene rings is 1. The molecule has 1 amide bonds. The van der Waals surface area contributed by atoms with Gasteiger partial charge in [0.1, 0.15) is 18.2 Å². The average Bonchev–Trinajstić information content (AvgIpc) is 2.54. The number of methoxy groups -OCH3 is 2. The normalized spacial score (nSPS) is 10.3. The lowest BCUT2D eigenvalue weighted by atomic mass is 10.2. The number of aromatic nitrogens is 2. The zero-order chi connectivity index (χ0) is 15.9. The van der Waals surface area contributed by atoms with Gasteiger partial charge in [-0.1, -0.05) is 6.07 Å². The number of nitrogens with zero attached hydrogens (tertiary/aromatic N) is 2. The van der Waals surface area contributed by atoms with Gasteiger partial charge < -0.3 is 20.5 Å². The molecule has 7 heteroatoms. The van der Waals surface area contributed by atoms with Gasteiger partial charge in [0.05, 0.1) is 7.11 Å². The number of carbonyl (C=O) groups is 1. The molecule has 22 heavy (non-hydrogen) atoms. The van der Waals surface area contributed by atoms with Crippen LogP contribution >= 0.6 is 0 Å². The molecule has 2 rings (SSSR count). The SMILES string of the molecule is COCc1ncc(CNC(=O)c2cccc(OC)c2)c(N)n1. The Balaban J connectivity index is 2.01. The number of ether oxygens (including phenoxy) is 2. The predicted molar refractivity (Wildman–Crippen MR) is 81.3 cm³/mol. The second kappa shape index (κ2) is 7.37. The molecule has 0 saturated carbocycles. The van der Waals surface area contributed by atoms with Crippen molar-refractivity contribution in [1.29, 1.82) is 0 Å². The summed E-state index contributed by atoms with van der Waals surface area (Å²) in [4.78, 5) is 20.3. The molecule has 3 N–H and O–H groups in total. The fourth-order valence-electron chi connectivity index (χ4n) is 1.83. The maximum atomic E-state index is 12.1. The van der Waals surface area contributed by atoms with E-state index in [1.807, 2.05) is 0 Å². The van der Waals surface area contributed by atoms with E-state index in [-0.39, 0.29) is 12.5 Å². The third-order valence-corrected chi connectivity index (χ3v) is 2.99. The molecule has 2 aromatic rings. The summed E-state index contributed by atoms with van der Waals surface area (Å²) in [6, 6.07) is 6.90. The number of hydrogen-bond acceptors (Lipinski definition) is 6. The maximum Gasteiger partial charge on any atom is 0.251 e. The highest BCUT2D eigenvalue weighted by molar-refractivity contribution is 5.94. The van der Waals surface area contributed by atoms with Crippen LogP contribution in [0.1, 0.15) is 21.7 Å². The van der Waals surface area contributed by atoms with Crippen LogP contribution in [0.5, 0.6) is 5.75 Å². The summed E-state index contributed by atoms with van der Waals surface area (Å²) < 4.78 is 10.0. The Morgan fingerprint density at radius 3 is 2.86 bits per heavy atom. The summed E-state index contributed by atoms with van der Waals surface area (Å²) in [7, 11) is 3.11. The molecule has 1 aromatic heterocycles. The highest BCUT2D eigenvalue weighted by Crippen LogP contribution is 2.13. The number of amides is 1. The van der Waals surface area contributed by atoms with E-state index in [2.05, 4.69) is 15.3 Å². The molecule has 7 nitrogen and oxygen atoms in total. The van der Waals surface area contributed by atoms with Crippen LogP contribution in [0.15, 0.2) is 30.5 Å². The van der Waals surface area contributed by atoms with E-state index in [4.69, 9.17) is 15.2 Å². The van der Waals surface area contributed by atoms with Gasteiger partial charge in [0.15, 0.2) is 5.82 Å². The van der Waals surface area contributed by atoms with Gasteiger partial charge in [-0.25, -0.2) is 9.97 Å². The number of nitrogens with two attached hydrogens (primary N) is 1. The first-order valence-electron chi connectivity index (χ1n) is 6.65. The van der Waals surface area contributed by atoms with Crippen molar-refractivity contribution >= 4 is 11.7 Å². The molecule has 1 heterocycles. The predicted octanol–water partition coefficient (Wildman–Crippen LogP) is 1.14. The fourth-order valence-corrected chi connectivity index (χ4v) is 1.83. The number of rotatable bonds is 6. The highest BCUT2D eigenvalue weighted by Gasteiger charge is 2.09. The van der Waals surface area contributed by atoms with Gasteiger partial charge in [0.2, 0.25) is 0 Å². The lowest BCUT2D eigenvalue weighted by molar-refractivity contribution is 0.0950. The van der Waals surface area contributed by atoms with Crippen molar-refractivity contribution in [2.45, 2.75) is 13.2 Å². The van der Waals surface area contributed by atoms with Gasteiger partial charge >= 0.3 is 0 Å². The molecular formula is C15H18N4O3. The number of carbonyl (C=O) groups excluding carboxylic acids is 1. The minimum absolute atomic E-state index is 0.223. The van der Waals surface area contributed by atoms with Crippen LogP contribution in [-0.2, 0) is 17.9 Å². The number of hydrogen-bond donors (Lipinski definition) is 2. The molecule has 0 saturated heterocycles. The maximum absolute atomic E-state index is 12.1. The van der Waals surface area contributed by atoms with E-state index in [9.17, 15) is 4.79 Å². The highest BCUT2D eigenvalue weighted by atomic mass is 16.5. The zero-order valence-electron chi connectivity index (χ0n) is 12.5. The zero-order valence-corrected chi connectivity index (χ0v) is 12.5. The molecule has 1 aromatic carbocycles. The van der Waals surface area contributed by atoms with Crippen molar-refractivity contribution in [3.63, 3.8) is 0 Å². The molecule has 0 radical (unpaired) electrons. The second-order valence-electron chi connectivity index (χ2n) is 4.54. The summed E-state index contributed by atoms with van der Waals surface area (Å²) in [5.41, 5.74) is 7.00. The molecule has 0 spiro atoms. The van der Waals surface area contributed by atoms with Gasteiger partial charge in [-0.3, -0.25) is 4.79 Å². The van der Waals surface area contributed by atoms with E-state index in [0.717, 1.165) is 0 Å². The minimum Gasteiger partial charge on any atom is -0.497 e. The van der Waals surface area contributed by atoms with Crippen LogP contribution < -0.4 is 15.8 Å². The molecule has 116 valence electrons. The Labute approximate surface area is 128 Å². The van der Waals surface area contributed by atoms with E-state index >= 15 is 0 Å². The lowest BCUT2D eigenvalue weighted by Gasteiger charge is -2.09. The van der Waals surface area contributed by atoms with E-state index < -0.39 is 0 Å². The van der Waals surface area contributed by atoms with E-state index in [0.29, 0.717) is 35.1 Å². The summed E-state index contributed by atoms with van der Waals surface area (Å²) in [5.74, 6) is 1.23. The molecule has 0 atom stereocenters. The van der Waals surface area contributed by atoms with Gasteiger partial charge in [-0.15, -0.1) is 0 Å². The van der Waals surface area contributed by atoms with Crippen LogP contribution in [0.2, 0.25) is 0 Å². The molecule has 0 aliphatic rings. The van der Waals surface area contributed by atoms with Crippen molar-refractivity contribution in [3.05, 3.63) is 47.4 Å². The van der Waals surface area contributed by atoms with Crippen molar-refractivity contribution in [1.82, 2.24) is 15.3 Å². The van der Waals surface area contributed by atoms with Crippen LogP contribution in [0, 0.1) is 0 Å². The molecule has 0 bridgehead atoms. The smallest absolute Gasteiger partial charge is 0.251 e. The van der Waals surface area contributed by atoms with Gasteiger partial charge in [-0.2, -0.15) is 0 Å². The molecular weight excluding hydrogens is 284 g/mol. The van der Waals surface area contributed by atoms with Crippen molar-refractivity contribution in [2.75, 3.05) is 20.0 Å². The van der Waals surface area contributed by atoms with Crippen LogP contribution in [0.3, 0.4) is 0 Å². The van der Waals surface area contributed by atoms with Gasteiger partial charge in [0, 0.05) is 31.0 Å². The molecule has 0 unspecified atom stereocenters. The Kier molecular flexibility index (Phi) is 5.26. The van der Waals surface area contributed by atoms with Gasteiger partial charge in [-0.05, 0) is 18.2 Å². The molecule has 0 fully saturated rings. The third-order valence-electron chi connectivity index (χ3n) is 2.99. The number of anilines is 1. The Morgan fingerprint density at radius 1 is 1.36 bits per heavy atom. The molecule has 0 aliphatic heterocycles. The topological polar surface area (TPSA) is 99.4 Å². The monoisotopic (exact) mass is 302 g/mol. The average molecular weight is 302 g/mol. The van der Waals surface area contributed by atoms with Crippen molar-refractivity contribution in [3.8, 4) is 5.75 Å². The third kappa shape index (κ3) is 3.92. The number of nitrogens with one attached hydrogen (secondary N) is 1. The van der Waals surface area contributed by atoms with Crippen LogP contribution in [-0.4, -0.2) is 30.1 Å². The quantitative estimate of drug-likeness (QED) is 0.830. The largest absolute Gasteiger partial charge is 0.497 e. The first-order valence-corrected chi connectivity index (χ1v) is 6.65. The van der Waals surface area contributed by atoms with E-state index in [1.165, 1.54) is 0 Å². The second-order valence-corrected chi connectivity index (χ2v) is 4.54. The summed E-state index contributed by atoms with van der Waals surface area (Å²) in [6.07, 6.45) is 1.59. The first kappa shape index (κ1) is 15.7. The lowest BCUT2D eigenvalue weighted by Crippen LogP contribution is -2.23. The summed E-state index contributed by atoms with van der Waals surface area (Å²) in [6.45, 7) is 0.537. The Hall–Kier alpha value is -2.67. The Bertz CT molecular complexity index is 661. The van der Waals surface area contributed by atoms with E-state index in [1.54, 1.807) is 44.7 Å². The first-order chi connectivity index (χ1) is 10.6. The summed E-state index contributed by atoms with van der Waals surface area (Å²) in [5, 5.41) is 2.77. The van der Waals surface area contributed by atoms with Crippen molar-refractivity contribution in [2.24, 2.45) is 0 Å². The fraction of sp³-hybridized carbons (Fsp3) is 0.267. The van der Waals surface area contributed by atoms with Crippen LogP contribution in [0.25, 0.3) is 0 Å². The standard InChI is InChI=1S/C15H18N4O3/c1-21-9-13-17-7-11(14(16)19-13)8-18-15(20)10-4-3-5-12(6-10)22-2/h3-7H,8-9H2,1-2H3,(H,18,20)(H2,16,17,19). The molecule has 0 aliphatic carbocycles. The Morgan fingerprint density at radius 2 is 2.18 bits per heavy atom. The van der Waals surface area contributed by atoms with Gasteiger partial charge in [0.25, 0.3) is 5.91 Å². The number of nitrogen functional groups attached to an aromatic ring is 1. The van der Waals surface area contributed by atoms with Crippen LogP contribution in [0.4, 0.5) is 5.82 Å². The summed E-state index contributed by atoms with van der Waals surface area (Å²) >= 11 is 0. The minimum atomic E-state index is -0.223.